The van der Waals surface area contributed by atoms with Gasteiger partial charge >= 0.3 is 0 Å². The molecule has 0 amide bonds. The van der Waals surface area contributed by atoms with E-state index in [0.717, 1.165) is 30.4 Å². The fourth-order valence-electron chi connectivity index (χ4n) is 2.00. The second kappa shape index (κ2) is 7.02. The second-order valence-corrected chi connectivity index (χ2v) is 5.40. The van der Waals surface area contributed by atoms with Gasteiger partial charge in [-0.25, -0.2) is 9.97 Å². The molecule has 2 aromatic rings. The molecule has 0 spiro atoms. The number of nitrogens with one attached hydrogen (secondary N) is 1. The minimum Gasteiger partial charge on any atom is -0.373 e. The van der Waals surface area contributed by atoms with Gasteiger partial charge in [0.25, 0.3) is 0 Å². The molecule has 0 aliphatic rings. The van der Waals surface area contributed by atoms with Gasteiger partial charge in [0.1, 0.15) is 17.5 Å². The molecule has 0 aromatic carbocycles. The van der Waals surface area contributed by atoms with E-state index in [9.17, 15) is 0 Å². The van der Waals surface area contributed by atoms with Crippen molar-refractivity contribution in [3.63, 3.8) is 0 Å². The van der Waals surface area contributed by atoms with Crippen LogP contribution in [-0.4, -0.2) is 35.6 Å². The van der Waals surface area contributed by atoms with Gasteiger partial charge in [0.2, 0.25) is 0 Å². The van der Waals surface area contributed by atoms with Crippen molar-refractivity contribution in [1.82, 2.24) is 15.0 Å². The fourth-order valence-corrected chi connectivity index (χ4v) is 2.00. The molecule has 0 saturated carbocycles. The Kier molecular flexibility index (Phi) is 5.09. The van der Waals surface area contributed by atoms with Gasteiger partial charge in [-0.05, 0) is 24.1 Å². The van der Waals surface area contributed by atoms with Crippen molar-refractivity contribution >= 4 is 11.6 Å². The van der Waals surface area contributed by atoms with Crippen LogP contribution in [0.2, 0.25) is 0 Å². The first-order valence-corrected chi connectivity index (χ1v) is 7.27. The van der Waals surface area contributed by atoms with Crippen molar-refractivity contribution in [2.75, 3.05) is 30.9 Å². The average Bonchev–Trinajstić information content (AvgIpc) is 2.53. The number of likely N-dealkylation sites (N-methyl/N-ethyl adjacent to an activating group) is 1. The summed E-state index contributed by atoms with van der Waals surface area (Å²) in [6.45, 7) is 5.12. The molecule has 0 aliphatic carbocycles. The van der Waals surface area contributed by atoms with Crippen LogP contribution in [0.15, 0.2) is 30.6 Å². The minimum atomic E-state index is 0.311. The number of rotatable bonds is 6. The number of aromatic nitrogens is 3. The summed E-state index contributed by atoms with van der Waals surface area (Å²) in [5, 5.41) is 3.11. The number of hydrogen-bond donors (Lipinski definition) is 1. The normalized spacial score (nSPS) is 10.7. The van der Waals surface area contributed by atoms with Crippen LogP contribution in [0, 0.1) is 0 Å². The Labute approximate surface area is 126 Å². The molecule has 21 heavy (non-hydrogen) atoms. The molecule has 5 heteroatoms. The molecule has 1 N–H and O–H groups in total. The average molecular weight is 285 g/mol. The van der Waals surface area contributed by atoms with Gasteiger partial charge in [0.15, 0.2) is 0 Å². The van der Waals surface area contributed by atoms with Crippen LogP contribution in [0.25, 0.3) is 0 Å². The summed E-state index contributed by atoms with van der Waals surface area (Å²) in [7, 11) is 3.94. The van der Waals surface area contributed by atoms with Crippen LogP contribution in [0.4, 0.5) is 11.6 Å². The molecule has 0 atom stereocenters. The Hall–Kier alpha value is -2.17. The molecule has 0 aliphatic heterocycles. The first-order valence-electron chi connectivity index (χ1n) is 7.27. The van der Waals surface area contributed by atoms with E-state index in [4.69, 9.17) is 0 Å². The topological polar surface area (TPSA) is 53.9 Å². The fraction of sp³-hybridized carbons (Fsp3) is 0.438. The van der Waals surface area contributed by atoms with Gasteiger partial charge in [0, 0.05) is 45.0 Å². The maximum absolute atomic E-state index is 4.66. The lowest BCUT2D eigenvalue weighted by atomic mass is 10.2. The molecular formula is C16H23N5. The van der Waals surface area contributed by atoms with E-state index in [0.29, 0.717) is 5.92 Å². The highest BCUT2D eigenvalue weighted by Crippen LogP contribution is 2.19. The lowest BCUT2D eigenvalue weighted by molar-refractivity contribution is 0.762. The Morgan fingerprint density at radius 1 is 1.19 bits per heavy atom. The van der Waals surface area contributed by atoms with E-state index in [-0.39, 0.29) is 0 Å². The van der Waals surface area contributed by atoms with Crippen molar-refractivity contribution in [2.45, 2.75) is 26.2 Å². The smallest absolute Gasteiger partial charge is 0.135 e. The summed E-state index contributed by atoms with van der Waals surface area (Å²) < 4.78 is 0. The zero-order chi connectivity index (χ0) is 15.2. The van der Waals surface area contributed by atoms with Crippen molar-refractivity contribution < 1.29 is 0 Å². The van der Waals surface area contributed by atoms with Crippen LogP contribution in [0.3, 0.4) is 0 Å². The third-order valence-corrected chi connectivity index (χ3v) is 3.38. The third kappa shape index (κ3) is 4.15. The largest absolute Gasteiger partial charge is 0.373 e. The van der Waals surface area contributed by atoms with E-state index in [1.165, 1.54) is 5.56 Å². The molecule has 0 fully saturated rings. The predicted molar refractivity (Wildman–Crippen MR) is 86.9 cm³/mol. The van der Waals surface area contributed by atoms with Crippen LogP contribution < -0.4 is 10.2 Å². The minimum absolute atomic E-state index is 0.311. The number of pyridine rings is 1. The first kappa shape index (κ1) is 15.2. The highest BCUT2D eigenvalue weighted by atomic mass is 15.2. The molecule has 2 rings (SSSR count). The highest BCUT2D eigenvalue weighted by Gasteiger charge is 2.10. The summed E-state index contributed by atoms with van der Waals surface area (Å²) in [6.07, 6.45) is 4.63. The maximum Gasteiger partial charge on any atom is 0.135 e. The summed E-state index contributed by atoms with van der Waals surface area (Å²) >= 11 is 0. The quantitative estimate of drug-likeness (QED) is 0.884. The Morgan fingerprint density at radius 3 is 2.52 bits per heavy atom. The van der Waals surface area contributed by atoms with Crippen LogP contribution >= 0.6 is 0 Å². The van der Waals surface area contributed by atoms with Gasteiger partial charge in [-0.3, -0.25) is 4.98 Å². The molecule has 0 bridgehead atoms. The molecule has 5 nitrogen and oxygen atoms in total. The molecule has 2 aromatic heterocycles. The van der Waals surface area contributed by atoms with Gasteiger partial charge in [0.05, 0.1) is 0 Å². The van der Waals surface area contributed by atoms with Gasteiger partial charge < -0.3 is 10.2 Å². The van der Waals surface area contributed by atoms with Crippen molar-refractivity contribution in [3.8, 4) is 0 Å². The highest BCUT2D eigenvalue weighted by molar-refractivity contribution is 5.49. The van der Waals surface area contributed by atoms with Crippen LogP contribution in [0.5, 0.6) is 0 Å². The van der Waals surface area contributed by atoms with Gasteiger partial charge in [-0.2, -0.15) is 0 Å². The summed E-state index contributed by atoms with van der Waals surface area (Å²) in [5.41, 5.74) is 1.28. The van der Waals surface area contributed by atoms with E-state index < -0.39 is 0 Å². The predicted octanol–water partition coefficient (Wildman–Crippen LogP) is 2.72. The summed E-state index contributed by atoms with van der Waals surface area (Å²) in [6, 6.07) is 6.08. The molecule has 0 unspecified atom stereocenters. The molecule has 0 radical (unpaired) electrons. The number of hydrogen-bond acceptors (Lipinski definition) is 5. The SMILES string of the molecule is CNc1cc(N(C)CCc2ccncc2)nc(C(C)C)n1. The van der Waals surface area contributed by atoms with E-state index in [1.54, 1.807) is 0 Å². The Bertz CT molecular complexity index is 568. The summed E-state index contributed by atoms with van der Waals surface area (Å²) in [5.74, 6) is 2.99. The standard InChI is InChI=1S/C16H23N5/c1-12(2)16-19-14(17-3)11-15(20-16)21(4)10-7-13-5-8-18-9-6-13/h5-6,8-9,11-12H,7,10H2,1-4H3,(H,17,19,20). The molecule has 2 heterocycles. The van der Waals surface area contributed by atoms with E-state index in [2.05, 4.69) is 46.1 Å². The molecule has 0 saturated heterocycles. The maximum atomic E-state index is 4.66. The Balaban J connectivity index is 2.11. The zero-order valence-corrected chi connectivity index (χ0v) is 13.2. The van der Waals surface area contributed by atoms with Gasteiger partial charge in [-0.15, -0.1) is 0 Å². The molecular weight excluding hydrogens is 262 g/mol. The molecule has 112 valence electrons. The van der Waals surface area contributed by atoms with Crippen LogP contribution in [0.1, 0.15) is 31.2 Å². The third-order valence-electron chi connectivity index (χ3n) is 3.38. The summed E-state index contributed by atoms with van der Waals surface area (Å²) in [4.78, 5) is 15.4. The monoisotopic (exact) mass is 285 g/mol. The Morgan fingerprint density at radius 2 is 1.90 bits per heavy atom. The first-order chi connectivity index (χ1) is 10.1. The number of anilines is 2. The zero-order valence-electron chi connectivity index (χ0n) is 13.2. The van der Waals surface area contributed by atoms with Crippen molar-refractivity contribution in [1.29, 1.82) is 0 Å². The van der Waals surface area contributed by atoms with Crippen LogP contribution in [-0.2, 0) is 6.42 Å². The van der Waals surface area contributed by atoms with Crippen molar-refractivity contribution in [3.05, 3.63) is 42.0 Å². The van der Waals surface area contributed by atoms with E-state index >= 15 is 0 Å². The second-order valence-electron chi connectivity index (χ2n) is 5.40. The lowest BCUT2D eigenvalue weighted by Gasteiger charge is -2.20. The van der Waals surface area contributed by atoms with Gasteiger partial charge in [-0.1, -0.05) is 13.8 Å². The van der Waals surface area contributed by atoms with E-state index in [1.807, 2.05) is 37.6 Å². The lowest BCUT2D eigenvalue weighted by Crippen LogP contribution is -2.22. The number of nitrogens with zero attached hydrogens (tertiary/aromatic N) is 4. The van der Waals surface area contributed by atoms with Crippen molar-refractivity contribution in [2.24, 2.45) is 0 Å².